The van der Waals surface area contributed by atoms with Crippen LogP contribution in [0.2, 0.25) is 0 Å². The Kier molecular flexibility index (Phi) is 7.93. The quantitative estimate of drug-likeness (QED) is 0.478. The summed E-state index contributed by atoms with van der Waals surface area (Å²) in [5, 5.41) is 15.0. The van der Waals surface area contributed by atoms with E-state index in [4.69, 9.17) is 0 Å². The minimum Gasteiger partial charge on any atom is -0.342 e. The number of hydrogen-bond acceptors (Lipinski definition) is 7. The second kappa shape index (κ2) is 10.9. The van der Waals surface area contributed by atoms with Gasteiger partial charge in [-0.15, -0.1) is 10.2 Å². The molecule has 0 bridgehead atoms. The first-order chi connectivity index (χ1) is 15.4. The fourth-order valence-corrected chi connectivity index (χ4v) is 3.86. The highest BCUT2D eigenvalue weighted by molar-refractivity contribution is 7.99. The topological polar surface area (TPSA) is 115 Å². The van der Waals surface area contributed by atoms with Crippen LogP contribution in [0, 0.1) is 12.8 Å². The third-order valence-corrected chi connectivity index (χ3v) is 5.72. The van der Waals surface area contributed by atoms with Crippen LogP contribution in [0.15, 0.2) is 47.9 Å². The number of nitrogens with zero attached hydrogens (tertiary/aromatic N) is 5. The van der Waals surface area contributed by atoms with Crippen molar-refractivity contribution in [1.29, 1.82) is 0 Å². The molecule has 0 fully saturated rings. The Balaban J connectivity index is 1.71. The Morgan fingerprint density at radius 2 is 1.78 bits per heavy atom. The molecule has 2 N–H and O–H groups in total. The Morgan fingerprint density at radius 3 is 2.41 bits per heavy atom. The van der Waals surface area contributed by atoms with Crippen molar-refractivity contribution in [1.82, 2.24) is 30.0 Å². The predicted molar refractivity (Wildman–Crippen MR) is 123 cm³/mol. The maximum absolute atomic E-state index is 12.8. The van der Waals surface area contributed by atoms with Crippen LogP contribution in [0.4, 0.5) is 5.95 Å². The zero-order valence-electron chi connectivity index (χ0n) is 18.6. The van der Waals surface area contributed by atoms with Crippen LogP contribution >= 0.6 is 11.8 Å². The molecule has 0 saturated heterocycles. The van der Waals surface area contributed by atoms with Crippen LogP contribution < -0.4 is 10.6 Å². The molecular formula is C22H27N7O2S. The highest BCUT2D eigenvalue weighted by Crippen LogP contribution is 2.25. The number of rotatable bonds is 9. The van der Waals surface area contributed by atoms with Crippen LogP contribution in [0.25, 0.3) is 0 Å². The van der Waals surface area contributed by atoms with E-state index in [2.05, 4.69) is 30.8 Å². The first-order valence-electron chi connectivity index (χ1n) is 10.4. The number of thioether (sulfide) groups is 1. The molecule has 2 heterocycles. The molecule has 0 unspecified atom stereocenters. The summed E-state index contributed by atoms with van der Waals surface area (Å²) in [6.45, 7) is 8.62. The third-order valence-electron chi connectivity index (χ3n) is 4.76. The number of benzene rings is 1. The lowest BCUT2D eigenvalue weighted by Gasteiger charge is -2.22. The number of anilines is 1. The van der Waals surface area contributed by atoms with Crippen molar-refractivity contribution >= 4 is 29.5 Å². The lowest BCUT2D eigenvalue weighted by molar-refractivity contribution is -0.113. The Hall–Kier alpha value is -3.27. The number of amides is 2. The van der Waals surface area contributed by atoms with Gasteiger partial charge in [0.05, 0.1) is 11.8 Å². The van der Waals surface area contributed by atoms with E-state index in [0.717, 1.165) is 5.56 Å². The maximum Gasteiger partial charge on any atom is 0.251 e. The standard InChI is InChI=1S/C22H27N7O2S/c1-5-29-19(18(14(2)3)26-20(31)16-9-7-15(4)8-10-16)27-28-22(29)32-13-17(30)25-21-23-11-6-12-24-21/h6-12,14,18H,5,13H2,1-4H3,(H,26,31)(H,23,24,25,30)/t18-/m1/s1. The molecule has 0 radical (unpaired) electrons. The number of nitrogens with one attached hydrogen (secondary N) is 2. The van der Waals surface area contributed by atoms with Crippen molar-refractivity contribution < 1.29 is 9.59 Å². The lowest BCUT2D eigenvalue weighted by Crippen LogP contribution is -2.33. The van der Waals surface area contributed by atoms with Gasteiger partial charge in [-0.2, -0.15) is 0 Å². The monoisotopic (exact) mass is 453 g/mol. The van der Waals surface area contributed by atoms with Crippen LogP contribution in [0.5, 0.6) is 0 Å². The van der Waals surface area contributed by atoms with Gasteiger partial charge in [0.2, 0.25) is 11.9 Å². The number of aromatic nitrogens is 5. The first kappa shape index (κ1) is 23.4. The number of hydrogen-bond donors (Lipinski definition) is 2. The van der Waals surface area contributed by atoms with Crippen molar-refractivity contribution in [2.45, 2.75) is 45.4 Å². The highest BCUT2D eigenvalue weighted by Gasteiger charge is 2.26. The summed E-state index contributed by atoms with van der Waals surface area (Å²) < 4.78 is 1.93. The normalized spacial score (nSPS) is 11.9. The van der Waals surface area contributed by atoms with E-state index in [1.165, 1.54) is 11.8 Å². The van der Waals surface area contributed by atoms with Gasteiger partial charge in [-0.25, -0.2) is 9.97 Å². The molecule has 1 aromatic carbocycles. The van der Waals surface area contributed by atoms with Gasteiger partial charge < -0.3 is 9.88 Å². The van der Waals surface area contributed by atoms with Crippen molar-refractivity contribution in [2.24, 2.45) is 5.92 Å². The second-order valence-electron chi connectivity index (χ2n) is 7.56. The number of aryl methyl sites for hydroxylation is 1. The minimum atomic E-state index is -0.322. The zero-order chi connectivity index (χ0) is 23.1. The van der Waals surface area contributed by atoms with E-state index in [0.29, 0.717) is 23.1 Å². The van der Waals surface area contributed by atoms with Crippen LogP contribution in [0.3, 0.4) is 0 Å². The summed E-state index contributed by atoms with van der Waals surface area (Å²) in [7, 11) is 0. The van der Waals surface area contributed by atoms with Crippen molar-refractivity contribution in [2.75, 3.05) is 11.1 Å². The summed E-state index contributed by atoms with van der Waals surface area (Å²) in [5.74, 6) is 0.757. The minimum absolute atomic E-state index is 0.0928. The molecule has 10 heteroatoms. The molecule has 168 valence electrons. The van der Waals surface area contributed by atoms with E-state index in [9.17, 15) is 9.59 Å². The summed E-state index contributed by atoms with van der Waals surface area (Å²) >= 11 is 1.27. The van der Waals surface area contributed by atoms with Gasteiger partial charge in [0.15, 0.2) is 11.0 Å². The number of carbonyl (C=O) groups excluding carboxylic acids is 2. The summed E-state index contributed by atoms with van der Waals surface area (Å²) in [6, 6.07) is 8.80. The average molecular weight is 454 g/mol. The largest absolute Gasteiger partial charge is 0.342 e. The zero-order valence-corrected chi connectivity index (χ0v) is 19.4. The fourth-order valence-electron chi connectivity index (χ4n) is 3.05. The van der Waals surface area contributed by atoms with E-state index < -0.39 is 0 Å². The van der Waals surface area contributed by atoms with Gasteiger partial charge >= 0.3 is 0 Å². The van der Waals surface area contributed by atoms with Crippen LogP contribution in [-0.4, -0.2) is 42.3 Å². The second-order valence-corrected chi connectivity index (χ2v) is 8.50. The Bertz CT molecular complexity index is 1050. The van der Waals surface area contributed by atoms with Gasteiger partial charge in [-0.1, -0.05) is 43.3 Å². The third kappa shape index (κ3) is 5.91. The van der Waals surface area contributed by atoms with Gasteiger partial charge in [-0.3, -0.25) is 14.9 Å². The molecule has 32 heavy (non-hydrogen) atoms. The average Bonchev–Trinajstić information content (AvgIpc) is 3.19. The molecule has 3 aromatic rings. The van der Waals surface area contributed by atoms with E-state index in [1.807, 2.05) is 56.5 Å². The molecule has 0 saturated carbocycles. The molecule has 3 rings (SSSR count). The smallest absolute Gasteiger partial charge is 0.251 e. The van der Waals surface area contributed by atoms with Gasteiger partial charge in [0, 0.05) is 24.5 Å². The molecule has 0 spiro atoms. The first-order valence-corrected chi connectivity index (χ1v) is 11.4. The molecule has 1 atom stereocenters. The predicted octanol–water partition coefficient (Wildman–Crippen LogP) is 3.25. The molecule has 0 aliphatic heterocycles. The van der Waals surface area contributed by atoms with Crippen molar-refractivity contribution in [3.05, 3.63) is 59.7 Å². The van der Waals surface area contributed by atoms with E-state index >= 15 is 0 Å². The molecule has 0 aliphatic carbocycles. The molecule has 9 nitrogen and oxygen atoms in total. The summed E-state index contributed by atoms with van der Waals surface area (Å²) in [4.78, 5) is 33.0. The van der Waals surface area contributed by atoms with Gasteiger partial charge in [0.1, 0.15) is 0 Å². The van der Waals surface area contributed by atoms with Crippen LogP contribution in [-0.2, 0) is 11.3 Å². The van der Waals surface area contributed by atoms with Crippen molar-refractivity contribution in [3.63, 3.8) is 0 Å². The Morgan fingerprint density at radius 1 is 1.09 bits per heavy atom. The molecule has 0 aliphatic rings. The van der Waals surface area contributed by atoms with Gasteiger partial charge in [-0.05, 0) is 38.0 Å². The maximum atomic E-state index is 12.8. The van der Waals surface area contributed by atoms with Gasteiger partial charge in [0.25, 0.3) is 5.91 Å². The van der Waals surface area contributed by atoms with Crippen LogP contribution in [0.1, 0.15) is 48.6 Å². The SMILES string of the molecule is CCn1c(SCC(=O)Nc2ncccn2)nnc1[C@H](NC(=O)c1ccc(C)cc1)C(C)C. The highest BCUT2D eigenvalue weighted by atomic mass is 32.2. The number of carbonyl (C=O) groups is 2. The summed E-state index contributed by atoms with van der Waals surface area (Å²) in [5.41, 5.74) is 1.69. The molecule has 2 aromatic heterocycles. The fraction of sp³-hybridized carbons (Fsp3) is 0.364. The molecule has 2 amide bonds. The molecular weight excluding hydrogens is 426 g/mol. The van der Waals surface area contributed by atoms with E-state index in [1.54, 1.807) is 18.5 Å². The van der Waals surface area contributed by atoms with E-state index in [-0.39, 0.29) is 35.5 Å². The van der Waals surface area contributed by atoms with Crippen molar-refractivity contribution in [3.8, 4) is 0 Å². The summed E-state index contributed by atoms with van der Waals surface area (Å²) in [6.07, 6.45) is 3.12. The Labute approximate surface area is 191 Å². The lowest BCUT2D eigenvalue weighted by atomic mass is 10.0.